The van der Waals surface area contributed by atoms with Gasteiger partial charge < -0.3 is 5.32 Å². The first-order valence-corrected chi connectivity index (χ1v) is 9.85. The second kappa shape index (κ2) is 7.08. The monoisotopic (exact) mass is 372 g/mol. The average Bonchev–Trinajstić information content (AvgIpc) is 3.12. The minimum atomic E-state index is -3.68. The van der Waals surface area contributed by atoms with Gasteiger partial charge in [0.15, 0.2) is 0 Å². The number of para-hydroxylation sites is 1. The molecule has 3 rings (SSSR count). The largest absolute Gasteiger partial charge is 0.321 e. The van der Waals surface area contributed by atoms with Crippen molar-refractivity contribution in [1.29, 1.82) is 0 Å². The number of sulfonamides is 1. The highest BCUT2D eigenvalue weighted by Gasteiger charge is 2.15. The van der Waals surface area contributed by atoms with E-state index in [0.29, 0.717) is 16.3 Å². The molecule has 0 bridgehead atoms. The maximum absolute atomic E-state index is 12.5. The molecule has 1 amide bonds. The lowest BCUT2D eigenvalue weighted by molar-refractivity contribution is 0.103. The Labute approximate surface area is 150 Å². The fraction of sp³-hybridized carbons (Fsp3) is 0.0556. The number of nitrogens with one attached hydrogen (secondary N) is 2. The van der Waals surface area contributed by atoms with Crippen LogP contribution in [-0.2, 0) is 10.0 Å². The number of carbonyl (C=O) groups is 1. The van der Waals surface area contributed by atoms with Crippen LogP contribution in [0.4, 0.5) is 11.4 Å². The van der Waals surface area contributed by atoms with Gasteiger partial charge in [-0.05, 0) is 54.3 Å². The summed E-state index contributed by atoms with van der Waals surface area (Å²) < 4.78 is 27.5. The average molecular weight is 372 g/mol. The van der Waals surface area contributed by atoms with E-state index in [9.17, 15) is 13.2 Å². The Morgan fingerprint density at radius 3 is 2.32 bits per heavy atom. The molecule has 1 heterocycles. The molecule has 2 N–H and O–H groups in total. The highest BCUT2D eigenvalue weighted by molar-refractivity contribution is 7.92. The summed E-state index contributed by atoms with van der Waals surface area (Å²) >= 11 is 1.34. The van der Waals surface area contributed by atoms with Crippen LogP contribution in [0.2, 0.25) is 0 Å². The molecule has 1 aromatic heterocycles. The van der Waals surface area contributed by atoms with Gasteiger partial charge in [0.25, 0.3) is 15.9 Å². The third-order valence-corrected chi connectivity index (χ3v) is 5.81. The van der Waals surface area contributed by atoms with Gasteiger partial charge in [0.2, 0.25) is 0 Å². The van der Waals surface area contributed by atoms with Gasteiger partial charge in [-0.3, -0.25) is 9.52 Å². The summed E-state index contributed by atoms with van der Waals surface area (Å²) in [6.07, 6.45) is 0. The van der Waals surface area contributed by atoms with Crippen molar-refractivity contribution >= 4 is 38.6 Å². The van der Waals surface area contributed by atoms with Crippen LogP contribution in [0.25, 0.3) is 0 Å². The first kappa shape index (κ1) is 17.2. The maximum Gasteiger partial charge on any atom is 0.265 e. The summed E-state index contributed by atoms with van der Waals surface area (Å²) in [7, 11) is -3.68. The molecule has 0 aliphatic rings. The molecule has 2 aromatic carbocycles. The van der Waals surface area contributed by atoms with E-state index < -0.39 is 10.0 Å². The van der Waals surface area contributed by atoms with E-state index >= 15 is 0 Å². The molecule has 3 aromatic rings. The standard InChI is InChI=1S/C18H16N2O3S2/c1-13-5-2-3-6-16(13)20-25(22,23)15-10-8-14(9-11-15)19-18(21)17-7-4-12-24-17/h2-12,20H,1H3,(H,19,21). The summed E-state index contributed by atoms with van der Waals surface area (Å²) in [6, 6.07) is 16.7. The lowest BCUT2D eigenvalue weighted by Gasteiger charge is -2.11. The highest BCUT2D eigenvalue weighted by atomic mass is 32.2. The van der Waals surface area contributed by atoms with Crippen molar-refractivity contribution in [3.63, 3.8) is 0 Å². The second-order valence-electron chi connectivity index (χ2n) is 5.38. The number of aryl methyl sites for hydroxylation is 1. The molecular weight excluding hydrogens is 356 g/mol. The Bertz CT molecular complexity index is 979. The van der Waals surface area contributed by atoms with Crippen molar-refractivity contribution in [2.45, 2.75) is 11.8 Å². The predicted molar refractivity (Wildman–Crippen MR) is 101 cm³/mol. The molecular formula is C18H16N2O3S2. The van der Waals surface area contributed by atoms with Gasteiger partial charge in [0, 0.05) is 5.69 Å². The minimum Gasteiger partial charge on any atom is -0.321 e. The Hall–Kier alpha value is -2.64. The summed E-state index contributed by atoms with van der Waals surface area (Å²) in [6.45, 7) is 1.83. The van der Waals surface area contributed by atoms with E-state index in [0.717, 1.165) is 5.56 Å². The number of rotatable bonds is 5. The van der Waals surface area contributed by atoms with Crippen molar-refractivity contribution < 1.29 is 13.2 Å². The van der Waals surface area contributed by atoms with Gasteiger partial charge >= 0.3 is 0 Å². The normalized spacial score (nSPS) is 11.1. The van der Waals surface area contributed by atoms with E-state index in [-0.39, 0.29) is 10.8 Å². The van der Waals surface area contributed by atoms with Gasteiger partial charge in [-0.25, -0.2) is 8.42 Å². The zero-order chi connectivity index (χ0) is 17.9. The number of hydrogen-bond donors (Lipinski definition) is 2. The topological polar surface area (TPSA) is 75.3 Å². The van der Waals surface area contributed by atoms with E-state index in [2.05, 4.69) is 10.0 Å². The first-order chi connectivity index (χ1) is 12.0. The predicted octanol–water partition coefficient (Wildman–Crippen LogP) is 4.11. The molecule has 0 fully saturated rings. The van der Waals surface area contributed by atoms with Crippen molar-refractivity contribution in [3.05, 3.63) is 76.5 Å². The van der Waals surface area contributed by atoms with Crippen LogP contribution < -0.4 is 10.0 Å². The van der Waals surface area contributed by atoms with E-state index in [1.165, 1.54) is 23.5 Å². The molecule has 0 radical (unpaired) electrons. The van der Waals surface area contributed by atoms with Crippen LogP contribution in [0.15, 0.2) is 70.9 Å². The smallest absolute Gasteiger partial charge is 0.265 e. The quantitative estimate of drug-likeness (QED) is 0.708. The summed E-state index contributed by atoms with van der Waals surface area (Å²) in [5.41, 5.74) is 1.91. The minimum absolute atomic E-state index is 0.130. The second-order valence-corrected chi connectivity index (χ2v) is 8.01. The third-order valence-electron chi connectivity index (χ3n) is 3.56. The molecule has 128 valence electrons. The molecule has 0 saturated carbocycles. The van der Waals surface area contributed by atoms with Gasteiger partial charge in [0.05, 0.1) is 15.5 Å². The summed E-state index contributed by atoms with van der Waals surface area (Å²) in [5, 5.41) is 4.56. The number of carbonyl (C=O) groups excluding carboxylic acids is 1. The third kappa shape index (κ3) is 4.07. The Balaban J connectivity index is 1.75. The van der Waals surface area contributed by atoms with Crippen LogP contribution in [0.1, 0.15) is 15.2 Å². The first-order valence-electron chi connectivity index (χ1n) is 7.49. The number of benzene rings is 2. The van der Waals surface area contributed by atoms with Crippen LogP contribution >= 0.6 is 11.3 Å². The molecule has 0 aliphatic carbocycles. The molecule has 0 aliphatic heterocycles. The van der Waals surface area contributed by atoms with Gasteiger partial charge in [-0.15, -0.1) is 11.3 Å². The fourth-order valence-corrected chi connectivity index (χ4v) is 3.96. The lowest BCUT2D eigenvalue weighted by atomic mass is 10.2. The van der Waals surface area contributed by atoms with Gasteiger partial charge in [-0.2, -0.15) is 0 Å². The van der Waals surface area contributed by atoms with Crippen LogP contribution in [0.5, 0.6) is 0 Å². The Morgan fingerprint density at radius 2 is 1.68 bits per heavy atom. The fourth-order valence-electron chi connectivity index (χ4n) is 2.21. The molecule has 5 nitrogen and oxygen atoms in total. The lowest BCUT2D eigenvalue weighted by Crippen LogP contribution is -2.14. The molecule has 7 heteroatoms. The van der Waals surface area contributed by atoms with E-state index in [1.807, 2.05) is 24.4 Å². The summed E-state index contributed by atoms with van der Waals surface area (Å²) in [5.74, 6) is -0.219. The number of hydrogen-bond acceptors (Lipinski definition) is 4. The van der Waals surface area contributed by atoms with E-state index in [4.69, 9.17) is 0 Å². The number of anilines is 2. The van der Waals surface area contributed by atoms with Crippen molar-refractivity contribution in [3.8, 4) is 0 Å². The molecule has 0 atom stereocenters. The van der Waals surface area contributed by atoms with Crippen LogP contribution in [0, 0.1) is 6.92 Å². The van der Waals surface area contributed by atoms with Gasteiger partial charge in [0.1, 0.15) is 0 Å². The molecule has 25 heavy (non-hydrogen) atoms. The highest BCUT2D eigenvalue weighted by Crippen LogP contribution is 2.21. The summed E-state index contributed by atoms with van der Waals surface area (Å²) in [4.78, 5) is 12.7. The van der Waals surface area contributed by atoms with Crippen molar-refractivity contribution in [1.82, 2.24) is 0 Å². The van der Waals surface area contributed by atoms with Crippen LogP contribution in [-0.4, -0.2) is 14.3 Å². The Morgan fingerprint density at radius 1 is 0.960 bits per heavy atom. The van der Waals surface area contributed by atoms with E-state index in [1.54, 1.807) is 36.4 Å². The molecule has 0 unspecified atom stereocenters. The van der Waals surface area contributed by atoms with Gasteiger partial charge in [-0.1, -0.05) is 24.3 Å². The van der Waals surface area contributed by atoms with Crippen molar-refractivity contribution in [2.75, 3.05) is 10.0 Å². The number of amides is 1. The van der Waals surface area contributed by atoms with Crippen LogP contribution in [0.3, 0.4) is 0 Å². The van der Waals surface area contributed by atoms with Crippen molar-refractivity contribution in [2.24, 2.45) is 0 Å². The molecule has 0 saturated heterocycles. The zero-order valence-electron chi connectivity index (χ0n) is 13.4. The Kier molecular flexibility index (Phi) is 4.87. The maximum atomic E-state index is 12.5. The number of thiophene rings is 1. The molecule has 0 spiro atoms. The zero-order valence-corrected chi connectivity index (χ0v) is 15.0. The SMILES string of the molecule is Cc1ccccc1NS(=O)(=O)c1ccc(NC(=O)c2cccs2)cc1.